The lowest BCUT2D eigenvalue weighted by atomic mass is 10.1. The Kier molecular flexibility index (Phi) is 5.31. The minimum Gasteiger partial charge on any atom is -0.468 e. The highest BCUT2D eigenvalue weighted by Crippen LogP contribution is 2.29. The molecule has 1 fully saturated rings. The topological polar surface area (TPSA) is 95.3 Å². The van der Waals surface area contributed by atoms with Crippen molar-refractivity contribution >= 4 is 11.4 Å². The maximum absolute atomic E-state index is 11.3. The Morgan fingerprint density at radius 2 is 2.12 bits per heavy atom. The quantitative estimate of drug-likeness (QED) is 0.636. The molecule has 7 heteroatoms. The largest absolute Gasteiger partial charge is 0.468 e. The zero-order valence-corrected chi connectivity index (χ0v) is 13.9. The van der Waals surface area contributed by atoms with Gasteiger partial charge in [0.25, 0.3) is 5.69 Å². The maximum Gasteiger partial charge on any atom is 0.292 e. The van der Waals surface area contributed by atoms with E-state index in [-0.39, 0.29) is 11.7 Å². The van der Waals surface area contributed by atoms with Crippen LogP contribution in [0.25, 0.3) is 0 Å². The fraction of sp³-hybridized carbons (Fsp3) is 0.389. The average Bonchev–Trinajstić information content (AvgIpc) is 3.17. The van der Waals surface area contributed by atoms with Gasteiger partial charge in [-0.3, -0.25) is 15.0 Å². The van der Waals surface area contributed by atoms with Crippen molar-refractivity contribution < 1.29 is 9.34 Å². The predicted molar refractivity (Wildman–Crippen MR) is 93.2 cm³/mol. The van der Waals surface area contributed by atoms with Crippen LogP contribution in [0.15, 0.2) is 41.0 Å². The molecule has 1 aliphatic rings. The number of rotatable bonds is 6. The monoisotopic (exact) mass is 340 g/mol. The first-order valence-electron chi connectivity index (χ1n) is 8.39. The molecule has 1 N–H and O–H groups in total. The first-order valence-corrected chi connectivity index (χ1v) is 8.39. The van der Waals surface area contributed by atoms with Crippen LogP contribution < -0.4 is 5.32 Å². The summed E-state index contributed by atoms with van der Waals surface area (Å²) in [5.41, 5.74) is 0.717. The highest BCUT2D eigenvalue weighted by atomic mass is 16.6. The van der Waals surface area contributed by atoms with Crippen molar-refractivity contribution in [3.8, 4) is 6.07 Å². The molecule has 3 rings (SSSR count). The van der Waals surface area contributed by atoms with Crippen molar-refractivity contribution in [2.75, 3.05) is 25.0 Å². The Morgan fingerprint density at radius 1 is 1.32 bits per heavy atom. The number of hydrogen-bond acceptors (Lipinski definition) is 6. The van der Waals surface area contributed by atoms with Crippen molar-refractivity contribution in [3.63, 3.8) is 0 Å². The summed E-state index contributed by atoms with van der Waals surface area (Å²) in [6, 6.07) is 10.1. The van der Waals surface area contributed by atoms with Gasteiger partial charge in [0.2, 0.25) is 0 Å². The van der Waals surface area contributed by atoms with Crippen LogP contribution in [0.1, 0.15) is 36.6 Å². The van der Waals surface area contributed by atoms with Gasteiger partial charge in [-0.2, -0.15) is 5.26 Å². The molecule has 25 heavy (non-hydrogen) atoms. The van der Waals surface area contributed by atoms with Crippen molar-refractivity contribution in [1.29, 1.82) is 5.26 Å². The van der Waals surface area contributed by atoms with E-state index in [1.807, 2.05) is 18.2 Å². The number of nitriles is 1. The Bertz CT molecular complexity index is 761. The highest BCUT2D eigenvalue weighted by molar-refractivity contribution is 5.64. The molecule has 1 saturated heterocycles. The summed E-state index contributed by atoms with van der Waals surface area (Å²) in [5, 5.41) is 23.5. The number of nitrogens with zero attached hydrogens (tertiary/aromatic N) is 3. The Balaban J connectivity index is 1.81. The summed E-state index contributed by atoms with van der Waals surface area (Å²) in [7, 11) is 0. The number of nitro benzene ring substituents is 1. The summed E-state index contributed by atoms with van der Waals surface area (Å²) in [6.45, 7) is 2.43. The second kappa shape index (κ2) is 7.81. The molecule has 2 aromatic rings. The zero-order chi connectivity index (χ0) is 17.6. The van der Waals surface area contributed by atoms with E-state index in [1.165, 1.54) is 24.6 Å². The van der Waals surface area contributed by atoms with E-state index in [4.69, 9.17) is 9.68 Å². The van der Waals surface area contributed by atoms with E-state index >= 15 is 0 Å². The number of benzene rings is 1. The second-order valence-corrected chi connectivity index (χ2v) is 6.11. The number of piperidine rings is 1. The first kappa shape index (κ1) is 17.0. The fourth-order valence-corrected chi connectivity index (χ4v) is 3.23. The van der Waals surface area contributed by atoms with Crippen LogP contribution in [0.2, 0.25) is 0 Å². The van der Waals surface area contributed by atoms with Gasteiger partial charge in [-0.05, 0) is 50.2 Å². The molecule has 0 aliphatic carbocycles. The van der Waals surface area contributed by atoms with E-state index in [0.717, 1.165) is 31.7 Å². The van der Waals surface area contributed by atoms with E-state index in [9.17, 15) is 10.1 Å². The van der Waals surface area contributed by atoms with Crippen molar-refractivity contribution in [1.82, 2.24) is 4.90 Å². The summed E-state index contributed by atoms with van der Waals surface area (Å²) in [6.07, 6.45) is 5.15. The third-order valence-corrected chi connectivity index (χ3v) is 4.51. The predicted octanol–water partition coefficient (Wildman–Crippen LogP) is 3.70. The molecule has 1 aromatic carbocycles. The lowest BCUT2D eigenvalue weighted by Gasteiger charge is -2.33. The number of anilines is 1. The van der Waals surface area contributed by atoms with Crippen LogP contribution in [0.3, 0.4) is 0 Å². The number of likely N-dealkylation sites (tertiary alicyclic amines) is 1. The highest BCUT2D eigenvalue weighted by Gasteiger charge is 2.25. The number of hydrogen-bond donors (Lipinski definition) is 1. The van der Waals surface area contributed by atoms with Gasteiger partial charge in [0.05, 0.1) is 28.9 Å². The average molecular weight is 340 g/mol. The molecular weight excluding hydrogens is 320 g/mol. The third kappa shape index (κ3) is 3.98. The van der Waals surface area contributed by atoms with Gasteiger partial charge in [0.1, 0.15) is 11.4 Å². The molecule has 7 nitrogen and oxygen atoms in total. The van der Waals surface area contributed by atoms with E-state index in [0.29, 0.717) is 17.8 Å². The number of nitro groups is 1. The van der Waals surface area contributed by atoms with Crippen molar-refractivity contribution in [2.45, 2.75) is 25.3 Å². The van der Waals surface area contributed by atoms with E-state index < -0.39 is 4.92 Å². The standard InChI is InChI=1S/C18H20N4O3/c19-12-14-6-7-16(22(23)24)15(11-14)20-13-17(18-5-4-10-25-18)21-8-2-1-3-9-21/h4-7,10-11,17,20H,1-3,8-9,13H2. The summed E-state index contributed by atoms with van der Waals surface area (Å²) < 4.78 is 5.59. The summed E-state index contributed by atoms with van der Waals surface area (Å²) >= 11 is 0. The number of nitrogens with one attached hydrogen (secondary N) is 1. The van der Waals surface area contributed by atoms with Gasteiger partial charge in [-0.15, -0.1) is 0 Å². The summed E-state index contributed by atoms with van der Waals surface area (Å²) in [4.78, 5) is 13.2. The van der Waals surface area contributed by atoms with Gasteiger partial charge in [0, 0.05) is 12.6 Å². The molecule has 0 spiro atoms. The number of furan rings is 1. The Hall–Kier alpha value is -2.85. The molecular formula is C18H20N4O3. The van der Waals surface area contributed by atoms with Gasteiger partial charge < -0.3 is 9.73 Å². The van der Waals surface area contributed by atoms with Crippen LogP contribution in [-0.2, 0) is 0 Å². The first-order chi connectivity index (χ1) is 12.2. The molecule has 1 unspecified atom stereocenters. The molecule has 0 amide bonds. The van der Waals surface area contributed by atoms with Crippen LogP contribution >= 0.6 is 0 Å². The SMILES string of the molecule is N#Cc1ccc([N+](=O)[O-])c(NCC(c2ccco2)N2CCCCC2)c1. The van der Waals surface area contributed by atoms with Crippen LogP contribution in [0.5, 0.6) is 0 Å². The van der Waals surface area contributed by atoms with Gasteiger partial charge in [-0.25, -0.2) is 0 Å². The van der Waals surface area contributed by atoms with Gasteiger partial charge >= 0.3 is 0 Å². The molecule has 1 aliphatic heterocycles. The van der Waals surface area contributed by atoms with Crippen molar-refractivity contribution in [3.05, 3.63) is 58.0 Å². The minimum atomic E-state index is -0.438. The molecule has 0 radical (unpaired) electrons. The van der Waals surface area contributed by atoms with Crippen molar-refractivity contribution in [2.24, 2.45) is 0 Å². The molecule has 2 heterocycles. The lowest BCUT2D eigenvalue weighted by molar-refractivity contribution is -0.384. The second-order valence-electron chi connectivity index (χ2n) is 6.11. The fourth-order valence-electron chi connectivity index (χ4n) is 3.23. The molecule has 0 bridgehead atoms. The minimum absolute atomic E-state index is 0.000598. The normalized spacial score (nSPS) is 16.1. The zero-order valence-electron chi connectivity index (χ0n) is 13.9. The van der Waals surface area contributed by atoms with Gasteiger partial charge in [0.15, 0.2) is 0 Å². The van der Waals surface area contributed by atoms with Crippen LogP contribution in [0.4, 0.5) is 11.4 Å². The van der Waals surface area contributed by atoms with E-state index in [2.05, 4.69) is 10.2 Å². The maximum atomic E-state index is 11.3. The van der Waals surface area contributed by atoms with Crippen LogP contribution in [0, 0.1) is 21.4 Å². The lowest BCUT2D eigenvalue weighted by Crippen LogP contribution is -2.37. The Labute approximate surface area is 146 Å². The molecule has 1 atom stereocenters. The Morgan fingerprint density at radius 3 is 2.76 bits per heavy atom. The van der Waals surface area contributed by atoms with E-state index in [1.54, 1.807) is 6.26 Å². The van der Waals surface area contributed by atoms with Gasteiger partial charge in [-0.1, -0.05) is 6.42 Å². The molecule has 0 saturated carbocycles. The molecule has 130 valence electrons. The third-order valence-electron chi connectivity index (χ3n) is 4.51. The smallest absolute Gasteiger partial charge is 0.292 e. The summed E-state index contributed by atoms with van der Waals surface area (Å²) in [5.74, 6) is 0.841. The van der Waals surface area contributed by atoms with Crippen LogP contribution in [-0.4, -0.2) is 29.5 Å². The molecule has 1 aromatic heterocycles.